The predicted molar refractivity (Wildman–Crippen MR) is 80.5 cm³/mol. The van der Waals surface area contributed by atoms with Crippen molar-refractivity contribution < 1.29 is 4.39 Å². The van der Waals surface area contributed by atoms with Crippen LogP contribution >= 0.6 is 34.8 Å². The fraction of sp³-hybridized carbons (Fsp3) is 0. The molecule has 0 saturated carbocycles. The highest BCUT2D eigenvalue weighted by molar-refractivity contribution is 6.42. The first kappa shape index (κ1) is 13.5. The van der Waals surface area contributed by atoms with Crippen LogP contribution < -0.4 is 5.73 Å². The van der Waals surface area contributed by atoms with Gasteiger partial charge in [0.05, 0.1) is 26.1 Å². The highest BCUT2D eigenvalue weighted by Gasteiger charge is 2.17. The Balaban J connectivity index is 2.42. The van der Waals surface area contributed by atoms with E-state index in [1.165, 1.54) is 16.7 Å². The van der Waals surface area contributed by atoms with Gasteiger partial charge in [-0.05, 0) is 24.3 Å². The average molecular weight is 331 g/mol. The van der Waals surface area contributed by atoms with Gasteiger partial charge in [0.1, 0.15) is 11.5 Å². The lowest BCUT2D eigenvalue weighted by molar-refractivity contribution is 0.620. The Hall–Kier alpha value is -1.49. The van der Waals surface area contributed by atoms with E-state index in [2.05, 4.69) is 4.98 Å². The number of nitrogens with two attached hydrogens (primary N) is 1. The van der Waals surface area contributed by atoms with Crippen LogP contribution in [0.5, 0.6) is 0 Å². The first-order valence-electron chi connectivity index (χ1n) is 5.56. The van der Waals surface area contributed by atoms with Crippen LogP contribution in [0, 0.1) is 5.82 Å². The number of hydrogen-bond acceptors (Lipinski definition) is 2. The van der Waals surface area contributed by atoms with Crippen molar-refractivity contribution >= 4 is 51.8 Å². The van der Waals surface area contributed by atoms with Gasteiger partial charge in [-0.15, -0.1) is 0 Å². The monoisotopic (exact) mass is 329 g/mol. The van der Waals surface area contributed by atoms with Gasteiger partial charge in [0, 0.05) is 0 Å². The summed E-state index contributed by atoms with van der Waals surface area (Å²) >= 11 is 18.0. The molecule has 0 spiro atoms. The molecule has 3 aromatic rings. The highest BCUT2D eigenvalue weighted by Crippen LogP contribution is 2.33. The summed E-state index contributed by atoms with van der Waals surface area (Å²) in [6.07, 6.45) is 0. The second-order valence-corrected chi connectivity index (χ2v) is 5.35. The number of aromatic nitrogens is 2. The minimum atomic E-state index is -0.505. The number of hydrogen-bond donors (Lipinski definition) is 1. The summed E-state index contributed by atoms with van der Waals surface area (Å²) in [6.45, 7) is 0. The zero-order valence-electron chi connectivity index (χ0n) is 9.87. The summed E-state index contributed by atoms with van der Waals surface area (Å²) in [5.41, 5.74) is 7.04. The van der Waals surface area contributed by atoms with Crippen molar-refractivity contribution in [2.75, 3.05) is 5.73 Å². The highest BCUT2D eigenvalue weighted by atomic mass is 35.5. The van der Waals surface area contributed by atoms with Crippen LogP contribution in [-0.4, -0.2) is 9.55 Å². The Morgan fingerprint density at radius 1 is 1.05 bits per heavy atom. The molecule has 0 saturated heterocycles. The van der Waals surface area contributed by atoms with Gasteiger partial charge in [-0.1, -0.05) is 40.9 Å². The Morgan fingerprint density at radius 3 is 2.45 bits per heavy atom. The lowest BCUT2D eigenvalue weighted by Crippen LogP contribution is -2.03. The van der Waals surface area contributed by atoms with Gasteiger partial charge >= 0.3 is 0 Å². The van der Waals surface area contributed by atoms with Gasteiger partial charge in [0.2, 0.25) is 5.95 Å². The quantitative estimate of drug-likeness (QED) is 0.702. The Morgan fingerprint density at radius 2 is 1.75 bits per heavy atom. The second kappa shape index (κ2) is 4.81. The van der Waals surface area contributed by atoms with Crippen LogP contribution in [0.3, 0.4) is 0 Å². The average Bonchev–Trinajstić information content (AvgIpc) is 2.67. The standard InChI is InChI=1S/C13H7Cl3FN3/c14-6-2-1-3-9(17)12(6)20-11-5-8(16)7(15)4-10(11)19-13(20)18/h1-5H,(H2,18,19). The number of imidazole rings is 1. The van der Waals surface area contributed by atoms with Crippen molar-refractivity contribution in [1.82, 2.24) is 9.55 Å². The summed E-state index contributed by atoms with van der Waals surface area (Å²) in [7, 11) is 0. The molecule has 2 N–H and O–H groups in total. The van der Waals surface area contributed by atoms with E-state index >= 15 is 0 Å². The maximum atomic E-state index is 14.1. The number of nitrogen functional groups attached to an aromatic ring is 1. The van der Waals surface area contributed by atoms with Gasteiger partial charge in [0.25, 0.3) is 0 Å². The molecule has 0 aliphatic carbocycles. The van der Waals surface area contributed by atoms with Gasteiger partial charge in [0.15, 0.2) is 0 Å². The molecular weight excluding hydrogens is 324 g/mol. The summed E-state index contributed by atoms with van der Waals surface area (Å²) in [5.74, 6) is -0.403. The van der Waals surface area contributed by atoms with E-state index in [0.29, 0.717) is 21.1 Å². The molecule has 0 fully saturated rings. The molecule has 0 unspecified atom stereocenters. The minimum Gasteiger partial charge on any atom is -0.369 e. The molecule has 3 nitrogen and oxygen atoms in total. The number of fused-ring (bicyclic) bond motifs is 1. The molecule has 0 atom stereocenters. The molecule has 2 aromatic carbocycles. The largest absolute Gasteiger partial charge is 0.369 e. The topological polar surface area (TPSA) is 43.8 Å². The normalized spacial score (nSPS) is 11.2. The number of rotatable bonds is 1. The van der Waals surface area contributed by atoms with Gasteiger partial charge in [-0.2, -0.15) is 0 Å². The van der Waals surface area contributed by atoms with Crippen molar-refractivity contribution in [2.24, 2.45) is 0 Å². The molecule has 3 rings (SSSR count). The van der Waals surface area contributed by atoms with Crippen molar-refractivity contribution in [2.45, 2.75) is 0 Å². The van der Waals surface area contributed by atoms with Crippen LogP contribution in [0.1, 0.15) is 0 Å². The van der Waals surface area contributed by atoms with Crippen LogP contribution in [0.4, 0.5) is 10.3 Å². The molecule has 7 heteroatoms. The molecule has 1 heterocycles. The van der Waals surface area contributed by atoms with E-state index in [1.807, 2.05) is 0 Å². The second-order valence-electron chi connectivity index (χ2n) is 4.13. The van der Waals surface area contributed by atoms with E-state index < -0.39 is 5.82 Å². The van der Waals surface area contributed by atoms with Gasteiger partial charge in [-0.25, -0.2) is 9.37 Å². The SMILES string of the molecule is Nc1nc2cc(Cl)c(Cl)cc2n1-c1c(F)cccc1Cl. The third-order valence-corrected chi connectivity index (χ3v) is 3.91. The van der Waals surface area contributed by atoms with Crippen LogP contribution in [0.2, 0.25) is 15.1 Å². The van der Waals surface area contributed by atoms with Gasteiger partial charge < -0.3 is 5.73 Å². The minimum absolute atomic E-state index is 0.102. The van der Waals surface area contributed by atoms with Crippen molar-refractivity contribution in [1.29, 1.82) is 0 Å². The van der Waals surface area contributed by atoms with Crippen LogP contribution in [-0.2, 0) is 0 Å². The summed E-state index contributed by atoms with van der Waals surface area (Å²) in [6, 6.07) is 7.53. The van der Waals surface area contributed by atoms with E-state index in [1.54, 1.807) is 18.2 Å². The molecular formula is C13H7Cl3FN3. The smallest absolute Gasteiger partial charge is 0.206 e. The summed E-state index contributed by atoms with van der Waals surface area (Å²) in [4.78, 5) is 4.15. The number of benzene rings is 2. The number of anilines is 1. The van der Waals surface area contributed by atoms with E-state index in [4.69, 9.17) is 40.5 Å². The molecule has 1 aromatic heterocycles. The van der Waals surface area contributed by atoms with Gasteiger partial charge in [-0.3, -0.25) is 4.57 Å². The van der Waals surface area contributed by atoms with Crippen LogP contribution in [0.15, 0.2) is 30.3 Å². The number of halogens is 4. The molecule has 0 amide bonds. The predicted octanol–water partition coefficient (Wildman–Crippen LogP) is 4.71. The number of nitrogens with zero attached hydrogens (tertiary/aromatic N) is 2. The fourth-order valence-electron chi connectivity index (χ4n) is 2.03. The molecule has 0 bridgehead atoms. The summed E-state index contributed by atoms with van der Waals surface area (Å²) in [5, 5.41) is 0.901. The third-order valence-electron chi connectivity index (χ3n) is 2.88. The maximum Gasteiger partial charge on any atom is 0.206 e. The number of para-hydroxylation sites is 1. The summed E-state index contributed by atoms with van der Waals surface area (Å²) < 4.78 is 15.5. The van der Waals surface area contributed by atoms with Crippen molar-refractivity contribution in [3.05, 3.63) is 51.2 Å². The Labute approximate surface area is 128 Å². The first-order chi connectivity index (χ1) is 9.49. The molecule has 0 radical (unpaired) electrons. The molecule has 0 aliphatic rings. The zero-order valence-corrected chi connectivity index (χ0v) is 12.1. The molecule has 20 heavy (non-hydrogen) atoms. The van der Waals surface area contributed by atoms with Crippen molar-refractivity contribution in [3.63, 3.8) is 0 Å². The Kier molecular flexibility index (Phi) is 3.24. The third kappa shape index (κ3) is 2.00. The molecule has 102 valence electrons. The lowest BCUT2D eigenvalue weighted by atomic mass is 10.2. The van der Waals surface area contributed by atoms with Crippen LogP contribution in [0.25, 0.3) is 16.7 Å². The first-order valence-corrected chi connectivity index (χ1v) is 6.70. The van der Waals surface area contributed by atoms with E-state index in [-0.39, 0.29) is 16.7 Å². The van der Waals surface area contributed by atoms with E-state index in [9.17, 15) is 4.39 Å². The lowest BCUT2D eigenvalue weighted by Gasteiger charge is -2.10. The van der Waals surface area contributed by atoms with E-state index in [0.717, 1.165) is 0 Å². The molecule has 0 aliphatic heterocycles. The Bertz CT molecular complexity index is 809. The fourth-order valence-corrected chi connectivity index (χ4v) is 2.59. The maximum absolute atomic E-state index is 14.1. The van der Waals surface area contributed by atoms with Crippen molar-refractivity contribution in [3.8, 4) is 5.69 Å². The zero-order chi connectivity index (χ0) is 14.4.